The fourth-order valence-corrected chi connectivity index (χ4v) is 6.52. The smallest absolute Gasteiger partial charge is 0.320 e. The van der Waals surface area contributed by atoms with Crippen LogP contribution in [0, 0.1) is 23.3 Å². The quantitative estimate of drug-likeness (QED) is 0.121. The average molecular weight is 621 g/mol. The van der Waals surface area contributed by atoms with Crippen molar-refractivity contribution in [3.05, 3.63) is 107 Å². The van der Waals surface area contributed by atoms with Crippen molar-refractivity contribution in [1.82, 2.24) is 0 Å². The van der Waals surface area contributed by atoms with Crippen LogP contribution >= 0.6 is 23.1 Å². The molecule has 15 heteroatoms. The molecule has 1 atom stereocenters. The molecule has 2 N–H and O–H groups in total. The van der Waals surface area contributed by atoms with E-state index in [0.717, 1.165) is 23.1 Å². The van der Waals surface area contributed by atoms with E-state index in [1.165, 1.54) is 54.6 Å². The summed E-state index contributed by atoms with van der Waals surface area (Å²) in [5, 5.41) is 1.96. The molecule has 0 spiro atoms. The Kier molecular flexibility index (Phi) is 8.46. The highest BCUT2D eigenvalue weighted by molar-refractivity contribution is 8.00. The van der Waals surface area contributed by atoms with Gasteiger partial charge in [0, 0.05) is 10.6 Å². The van der Waals surface area contributed by atoms with Crippen LogP contribution in [0.1, 0.15) is 16.4 Å². The van der Waals surface area contributed by atoms with Gasteiger partial charge in [-0.05, 0) is 41.3 Å². The Morgan fingerprint density at radius 3 is 1.95 bits per heavy atom. The van der Waals surface area contributed by atoms with Gasteiger partial charge < -0.3 is 5.32 Å². The van der Waals surface area contributed by atoms with Gasteiger partial charge in [-0.3, -0.25) is 9.52 Å². The lowest BCUT2D eigenvalue weighted by atomic mass is 10.1. The topological polar surface area (TPSA) is 75.3 Å². The number of anilines is 2. The second-order valence-corrected chi connectivity index (χ2v) is 12.0. The lowest BCUT2D eigenvalue weighted by Gasteiger charge is -2.19. The minimum absolute atomic E-state index is 0.0855. The number of carbonyl (C=O) groups is 1. The van der Waals surface area contributed by atoms with Crippen molar-refractivity contribution < 1.29 is 43.9 Å². The fourth-order valence-electron chi connectivity index (χ4n) is 3.44. The number of hydrogen-bond donors (Lipinski definition) is 2. The van der Waals surface area contributed by atoms with Gasteiger partial charge in [0.1, 0.15) is 20.7 Å². The van der Waals surface area contributed by atoms with Crippen LogP contribution in [-0.4, -0.2) is 14.3 Å². The summed E-state index contributed by atoms with van der Waals surface area (Å²) in [7, 11) is -3.83. The number of amides is 1. The Bertz CT molecular complexity index is 1600. The monoisotopic (exact) mass is 620 g/mol. The first-order chi connectivity index (χ1) is 18.8. The largest absolute Gasteiger partial charge is 0.422 e. The van der Waals surface area contributed by atoms with Gasteiger partial charge >= 0.3 is 6.18 Å². The lowest BCUT2D eigenvalue weighted by molar-refractivity contribution is -0.143. The van der Waals surface area contributed by atoms with Crippen LogP contribution in [0.4, 0.5) is 42.1 Å². The maximum absolute atomic E-state index is 14.4. The maximum Gasteiger partial charge on any atom is 0.422 e. The van der Waals surface area contributed by atoms with E-state index in [-0.39, 0.29) is 15.5 Å². The third-order valence-electron chi connectivity index (χ3n) is 5.26. The van der Waals surface area contributed by atoms with Crippen molar-refractivity contribution in [3.8, 4) is 0 Å². The van der Waals surface area contributed by atoms with Crippen molar-refractivity contribution >= 4 is 50.4 Å². The molecule has 0 radical (unpaired) electrons. The molecule has 3 aromatic carbocycles. The number of nitrogens with one attached hydrogen (secondary N) is 2. The second kappa shape index (κ2) is 11.5. The number of halogens is 7. The third kappa shape index (κ3) is 6.26. The summed E-state index contributed by atoms with van der Waals surface area (Å²) in [6.07, 6.45) is -5.73. The van der Waals surface area contributed by atoms with Crippen LogP contribution in [0.2, 0.25) is 0 Å². The molecule has 5 nitrogen and oxygen atoms in total. The van der Waals surface area contributed by atoms with Crippen molar-refractivity contribution in [3.63, 3.8) is 0 Å². The molecule has 0 saturated carbocycles. The van der Waals surface area contributed by atoms with E-state index in [2.05, 4.69) is 4.72 Å². The Labute approximate surface area is 231 Å². The second-order valence-electron chi connectivity index (χ2n) is 7.96. The van der Waals surface area contributed by atoms with Crippen molar-refractivity contribution in [1.29, 1.82) is 0 Å². The first-order valence-corrected chi connectivity index (χ1v) is 14.2. The van der Waals surface area contributed by atoms with E-state index < -0.39 is 61.9 Å². The van der Waals surface area contributed by atoms with Gasteiger partial charge in [0.2, 0.25) is 5.91 Å². The molecular weight excluding hydrogens is 605 g/mol. The van der Waals surface area contributed by atoms with Crippen molar-refractivity contribution in [2.75, 3.05) is 10.0 Å². The summed E-state index contributed by atoms with van der Waals surface area (Å²) in [5.74, 6) is -11.4. The molecular formula is C25H15F7N2O3S3. The minimum atomic E-state index is -5.73. The molecule has 0 fully saturated rings. The molecule has 1 aromatic heterocycles. The molecule has 40 heavy (non-hydrogen) atoms. The number of alkyl halides is 3. The van der Waals surface area contributed by atoms with Crippen molar-refractivity contribution in [2.24, 2.45) is 0 Å². The third-order valence-corrected chi connectivity index (χ3v) is 9.30. The summed E-state index contributed by atoms with van der Waals surface area (Å²) in [4.78, 5) is 13.5. The summed E-state index contributed by atoms with van der Waals surface area (Å²) in [6.45, 7) is 0. The van der Waals surface area contributed by atoms with Crippen molar-refractivity contribution in [2.45, 2.75) is 20.5 Å². The number of thioether (sulfide) groups is 1. The van der Waals surface area contributed by atoms with E-state index in [9.17, 15) is 43.9 Å². The average Bonchev–Trinajstić information content (AvgIpc) is 3.45. The molecule has 1 unspecified atom stereocenters. The van der Waals surface area contributed by atoms with E-state index in [1.807, 2.05) is 0 Å². The van der Waals surface area contributed by atoms with E-state index >= 15 is 0 Å². The van der Waals surface area contributed by atoms with Gasteiger partial charge in [-0.15, -0.1) is 23.1 Å². The molecule has 1 amide bonds. The Balaban J connectivity index is 1.61. The van der Waals surface area contributed by atoms with E-state index in [4.69, 9.17) is 0 Å². The molecule has 4 rings (SSSR count). The number of hydrogen-bond acceptors (Lipinski definition) is 5. The minimum Gasteiger partial charge on any atom is -0.320 e. The standard InChI is InChI=1S/C25H15F7N2O3S3/c26-18-17(25(30,31)32)19(27)21(29)22(20(18)28)33-24(35)23(13-5-2-1-3-6-13)39-15-10-8-14(9-11-15)34-40(36,37)16-7-4-12-38-16/h1-12,23,34H,(H,33,35). The predicted octanol–water partition coefficient (Wildman–Crippen LogP) is 7.60. The van der Waals surface area contributed by atoms with E-state index in [0.29, 0.717) is 4.90 Å². The summed E-state index contributed by atoms with van der Waals surface area (Å²) in [6, 6.07) is 16.3. The van der Waals surface area contributed by atoms with Crippen LogP contribution in [-0.2, 0) is 21.0 Å². The van der Waals surface area contributed by atoms with Gasteiger partial charge in [0.15, 0.2) is 23.3 Å². The first kappa shape index (κ1) is 29.4. The number of sulfonamides is 1. The molecule has 0 saturated heterocycles. The lowest BCUT2D eigenvalue weighted by Crippen LogP contribution is -2.23. The maximum atomic E-state index is 14.4. The molecule has 0 bridgehead atoms. The fraction of sp³-hybridized carbons (Fsp3) is 0.0800. The number of rotatable bonds is 8. The zero-order valence-electron chi connectivity index (χ0n) is 19.6. The predicted molar refractivity (Wildman–Crippen MR) is 137 cm³/mol. The Morgan fingerprint density at radius 2 is 1.43 bits per heavy atom. The van der Waals surface area contributed by atoms with Crippen LogP contribution in [0.15, 0.2) is 81.2 Å². The number of carbonyl (C=O) groups excluding carboxylic acids is 1. The molecule has 4 aromatic rings. The molecule has 1 heterocycles. The molecule has 0 aliphatic rings. The Hall–Kier alpha value is -3.56. The van der Waals surface area contributed by atoms with Crippen LogP contribution in [0.5, 0.6) is 0 Å². The highest BCUT2D eigenvalue weighted by Gasteiger charge is 2.42. The summed E-state index contributed by atoms with van der Waals surface area (Å²) >= 11 is 1.83. The SMILES string of the molecule is O=C(Nc1c(F)c(F)c(C(F)(F)F)c(F)c1F)C(Sc1ccc(NS(=O)(=O)c2cccs2)cc1)c1ccccc1. The number of thiophene rings is 1. The number of benzene rings is 3. The highest BCUT2D eigenvalue weighted by Crippen LogP contribution is 2.40. The van der Waals surface area contributed by atoms with Crippen LogP contribution < -0.4 is 10.0 Å². The molecule has 0 aliphatic carbocycles. The van der Waals surface area contributed by atoms with Gasteiger partial charge in [0.05, 0.1) is 0 Å². The summed E-state index contributed by atoms with van der Waals surface area (Å²) < 4.78 is 123. The zero-order chi connectivity index (χ0) is 29.2. The van der Waals surface area contributed by atoms with Crippen LogP contribution in [0.25, 0.3) is 0 Å². The van der Waals surface area contributed by atoms with Gasteiger partial charge in [0.25, 0.3) is 10.0 Å². The zero-order valence-corrected chi connectivity index (χ0v) is 22.1. The van der Waals surface area contributed by atoms with Crippen LogP contribution in [0.3, 0.4) is 0 Å². The van der Waals surface area contributed by atoms with E-state index in [1.54, 1.807) is 22.8 Å². The summed E-state index contributed by atoms with van der Waals surface area (Å²) in [5.41, 5.74) is -4.00. The normalized spacial score (nSPS) is 12.7. The molecule has 0 aliphatic heterocycles. The highest BCUT2D eigenvalue weighted by atomic mass is 32.2. The van der Waals surface area contributed by atoms with Gasteiger partial charge in [-0.1, -0.05) is 36.4 Å². The van der Waals surface area contributed by atoms with Gasteiger partial charge in [-0.25, -0.2) is 26.0 Å². The first-order valence-electron chi connectivity index (χ1n) is 10.9. The van der Waals surface area contributed by atoms with Gasteiger partial charge in [-0.2, -0.15) is 13.2 Å². The Morgan fingerprint density at radius 1 is 0.825 bits per heavy atom. The molecule has 210 valence electrons.